The summed E-state index contributed by atoms with van der Waals surface area (Å²) in [5.74, 6) is 1.38. The van der Waals surface area contributed by atoms with Gasteiger partial charge in [-0.2, -0.15) is 0 Å². The lowest BCUT2D eigenvalue weighted by Gasteiger charge is -2.41. The van der Waals surface area contributed by atoms with Crippen LogP contribution in [0.1, 0.15) is 72.1 Å². The van der Waals surface area contributed by atoms with Crippen molar-refractivity contribution < 1.29 is 5.11 Å². The van der Waals surface area contributed by atoms with Crippen molar-refractivity contribution in [3.8, 4) is 0 Å². The highest BCUT2D eigenvalue weighted by Crippen LogP contribution is 2.25. The van der Waals surface area contributed by atoms with Crippen molar-refractivity contribution in [1.82, 2.24) is 10.2 Å². The molecule has 3 nitrogen and oxygen atoms in total. The molecule has 1 saturated heterocycles. The highest BCUT2D eigenvalue weighted by atomic mass is 16.3. The lowest BCUT2D eigenvalue weighted by Crippen LogP contribution is -2.53. The first-order chi connectivity index (χ1) is 10.6. The van der Waals surface area contributed by atoms with Gasteiger partial charge in [-0.15, -0.1) is 0 Å². The van der Waals surface area contributed by atoms with Crippen LogP contribution in [0, 0.1) is 11.8 Å². The van der Waals surface area contributed by atoms with Crippen LogP contribution in [0.4, 0.5) is 0 Å². The third-order valence-corrected chi connectivity index (χ3v) is 5.39. The molecule has 3 atom stereocenters. The van der Waals surface area contributed by atoms with Crippen LogP contribution in [0.15, 0.2) is 0 Å². The molecule has 130 valence electrons. The zero-order chi connectivity index (χ0) is 15.9. The van der Waals surface area contributed by atoms with Gasteiger partial charge in [0.25, 0.3) is 0 Å². The van der Waals surface area contributed by atoms with E-state index >= 15 is 0 Å². The number of likely N-dealkylation sites (tertiary alicyclic amines) is 1. The van der Waals surface area contributed by atoms with Crippen LogP contribution in [-0.2, 0) is 0 Å². The zero-order valence-corrected chi connectivity index (χ0v) is 15.1. The largest absolute Gasteiger partial charge is 0.393 e. The van der Waals surface area contributed by atoms with Gasteiger partial charge >= 0.3 is 0 Å². The highest BCUT2D eigenvalue weighted by Gasteiger charge is 2.30. The summed E-state index contributed by atoms with van der Waals surface area (Å²) in [6, 6.07) is 1.37. The minimum absolute atomic E-state index is 0.112. The minimum Gasteiger partial charge on any atom is -0.393 e. The number of aliphatic hydroxyl groups excluding tert-OH is 1. The van der Waals surface area contributed by atoms with Crippen molar-refractivity contribution in [3.05, 3.63) is 0 Å². The van der Waals surface area contributed by atoms with E-state index in [2.05, 4.69) is 31.0 Å². The highest BCUT2D eigenvalue weighted by molar-refractivity contribution is 4.87. The number of rotatable bonds is 7. The van der Waals surface area contributed by atoms with Gasteiger partial charge in [-0.05, 0) is 43.9 Å². The third kappa shape index (κ3) is 6.17. The van der Waals surface area contributed by atoms with E-state index in [1.165, 1.54) is 58.2 Å². The molecule has 1 aliphatic heterocycles. The molecule has 0 bridgehead atoms. The standard InChI is InChI=1S/C19H38N2O/c1-4-19(22)11-16-10-18(14-21(13-16)12-15(2)3)20-17-8-6-5-7-9-17/h15-20,22H,4-14H2,1-3H3. The Bertz CT molecular complexity index is 302. The number of aliphatic hydroxyl groups is 1. The fourth-order valence-electron chi connectivity index (χ4n) is 4.41. The number of hydrogen-bond acceptors (Lipinski definition) is 3. The van der Waals surface area contributed by atoms with E-state index in [0.717, 1.165) is 24.8 Å². The van der Waals surface area contributed by atoms with Gasteiger partial charge in [0.2, 0.25) is 0 Å². The molecule has 1 saturated carbocycles. The number of nitrogens with one attached hydrogen (secondary N) is 1. The molecule has 3 heteroatoms. The van der Waals surface area contributed by atoms with Gasteiger partial charge in [-0.3, -0.25) is 0 Å². The van der Waals surface area contributed by atoms with E-state index in [0.29, 0.717) is 12.0 Å². The molecule has 0 aromatic carbocycles. The maximum absolute atomic E-state index is 10.0. The van der Waals surface area contributed by atoms with Crippen molar-refractivity contribution in [3.63, 3.8) is 0 Å². The first kappa shape index (κ1) is 18.2. The summed E-state index contributed by atoms with van der Waals surface area (Å²) in [6.45, 7) is 10.3. The summed E-state index contributed by atoms with van der Waals surface area (Å²) in [5.41, 5.74) is 0. The quantitative estimate of drug-likeness (QED) is 0.756. The van der Waals surface area contributed by atoms with Gasteiger partial charge in [0, 0.05) is 31.7 Å². The summed E-state index contributed by atoms with van der Waals surface area (Å²) < 4.78 is 0. The van der Waals surface area contributed by atoms with Crippen LogP contribution in [0.5, 0.6) is 0 Å². The maximum atomic E-state index is 10.0. The number of hydrogen-bond donors (Lipinski definition) is 2. The lowest BCUT2D eigenvalue weighted by atomic mass is 9.87. The molecule has 22 heavy (non-hydrogen) atoms. The Morgan fingerprint density at radius 2 is 1.82 bits per heavy atom. The monoisotopic (exact) mass is 310 g/mol. The van der Waals surface area contributed by atoms with Crippen LogP contribution in [-0.4, -0.2) is 47.8 Å². The molecule has 0 aromatic heterocycles. The molecular weight excluding hydrogens is 272 g/mol. The molecule has 2 fully saturated rings. The van der Waals surface area contributed by atoms with Gasteiger partial charge in [0.05, 0.1) is 6.10 Å². The van der Waals surface area contributed by atoms with Gasteiger partial charge in [0.15, 0.2) is 0 Å². The molecule has 0 spiro atoms. The Balaban J connectivity index is 1.88. The average Bonchev–Trinajstić information content (AvgIpc) is 2.47. The topological polar surface area (TPSA) is 35.5 Å². The second-order valence-electron chi connectivity index (χ2n) is 8.21. The van der Waals surface area contributed by atoms with E-state index in [1.54, 1.807) is 0 Å². The molecule has 2 N–H and O–H groups in total. The summed E-state index contributed by atoms with van der Waals surface area (Å²) in [5, 5.41) is 14.0. The van der Waals surface area contributed by atoms with E-state index in [4.69, 9.17) is 0 Å². The van der Waals surface area contributed by atoms with Crippen LogP contribution >= 0.6 is 0 Å². The molecule has 1 heterocycles. The van der Waals surface area contributed by atoms with Gasteiger partial charge in [-0.25, -0.2) is 0 Å². The average molecular weight is 311 g/mol. The van der Waals surface area contributed by atoms with E-state index in [9.17, 15) is 5.11 Å². The number of piperidine rings is 1. The van der Waals surface area contributed by atoms with E-state index in [1.807, 2.05) is 0 Å². The summed E-state index contributed by atoms with van der Waals surface area (Å²) >= 11 is 0. The molecule has 0 aromatic rings. The molecule has 0 amide bonds. The van der Waals surface area contributed by atoms with Crippen LogP contribution in [0.25, 0.3) is 0 Å². The second kappa shape index (κ2) is 9.24. The Morgan fingerprint density at radius 1 is 1.09 bits per heavy atom. The van der Waals surface area contributed by atoms with Crippen LogP contribution in [0.2, 0.25) is 0 Å². The Labute approximate surface area is 137 Å². The number of nitrogens with zero attached hydrogens (tertiary/aromatic N) is 1. The SMILES string of the molecule is CCC(O)CC1CC(NC2CCCCC2)CN(CC(C)C)C1. The van der Waals surface area contributed by atoms with Gasteiger partial charge in [-0.1, -0.05) is 40.0 Å². The molecule has 3 unspecified atom stereocenters. The molecule has 2 aliphatic rings. The van der Waals surface area contributed by atoms with Crippen LogP contribution < -0.4 is 5.32 Å². The fourth-order valence-corrected chi connectivity index (χ4v) is 4.41. The summed E-state index contributed by atoms with van der Waals surface area (Å²) in [7, 11) is 0. The first-order valence-corrected chi connectivity index (χ1v) is 9.73. The van der Waals surface area contributed by atoms with Crippen LogP contribution in [0.3, 0.4) is 0 Å². The summed E-state index contributed by atoms with van der Waals surface area (Å²) in [6.07, 6.45) is 9.96. The molecule has 2 rings (SSSR count). The van der Waals surface area contributed by atoms with Crippen molar-refractivity contribution in [2.45, 2.75) is 90.3 Å². The summed E-state index contributed by atoms with van der Waals surface area (Å²) in [4.78, 5) is 2.64. The second-order valence-corrected chi connectivity index (χ2v) is 8.21. The van der Waals surface area contributed by atoms with Crippen molar-refractivity contribution in [1.29, 1.82) is 0 Å². The predicted molar refractivity (Wildman–Crippen MR) is 94.1 cm³/mol. The normalized spacial score (nSPS) is 29.9. The smallest absolute Gasteiger partial charge is 0.0540 e. The van der Waals surface area contributed by atoms with Gasteiger partial charge in [0.1, 0.15) is 0 Å². The van der Waals surface area contributed by atoms with Gasteiger partial charge < -0.3 is 15.3 Å². The molecule has 0 radical (unpaired) electrons. The Hall–Kier alpha value is -0.120. The van der Waals surface area contributed by atoms with E-state index < -0.39 is 0 Å². The van der Waals surface area contributed by atoms with Crippen molar-refractivity contribution in [2.24, 2.45) is 11.8 Å². The molecule has 1 aliphatic carbocycles. The maximum Gasteiger partial charge on any atom is 0.0540 e. The van der Waals surface area contributed by atoms with Crippen molar-refractivity contribution in [2.75, 3.05) is 19.6 Å². The minimum atomic E-state index is -0.112. The first-order valence-electron chi connectivity index (χ1n) is 9.73. The third-order valence-electron chi connectivity index (χ3n) is 5.39. The Morgan fingerprint density at radius 3 is 2.45 bits per heavy atom. The fraction of sp³-hybridized carbons (Fsp3) is 1.00. The van der Waals surface area contributed by atoms with E-state index in [-0.39, 0.29) is 6.10 Å². The zero-order valence-electron chi connectivity index (χ0n) is 15.1. The predicted octanol–water partition coefficient (Wildman–Crippen LogP) is 3.42. The Kier molecular flexibility index (Phi) is 7.66. The lowest BCUT2D eigenvalue weighted by molar-refractivity contribution is 0.0744. The van der Waals surface area contributed by atoms with Crippen molar-refractivity contribution >= 4 is 0 Å². The molecular formula is C19H38N2O.